The Balaban J connectivity index is 3.23. The van der Waals surface area contributed by atoms with Crippen molar-refractivity contribution in [3.63, 3.8) is 0 Å². The fourth-order valence-corrected chi connectivity index (χ4v) is 5.03. The lowest BCUT2D eigenvalue weighted by Crippen LogP contribution is -1.85. The summed E-state index contributed by atoms with van der Waals surface area (Å²) in [4.78, 5) is 8.71. The third kappa shape index (κ3) is 36.9. The molecule has 0 aliphatic heterocycles. The Morgan fingerprint density at radius 2 is 0.590 bits per heavy atom. The van der Waals surface area contributed by atoms with Crippen LogP contribution >= 0.6 is 0 Å². The van der Waals surface area contributed by atoms with E-state index in [1.165, 1.54) is 180 Å². The summed E-state index contributed by atoms with van der Waals surface area (Å²) in [7, 11) is 0. The molecule has 0 atom stereocenters. The highest BCUT2D eigenvalue weighted by atomic mass is 14.8. The van der Waals surface area contributed by atoms with Crippen LogP contribution in [0.5, 0.6) is 0 Å². The van der Waals surface area contributed by atoms with Gasteiger partial charge in [-0.15, -0.1) is 0 Å². The van der Waals surface area contributed by atoms with Crippen molar-refractivity contribution in [2.45, 2.75) is 194 Å². The number of hydrogen-bond acceptors (Lipinski definition) is 2. The van der Waals surface area contributed by atoms with E-state index >= 15 is 0 Å². The van der Waals surface area contributed by atoms with Gasteiger partial charge in [0.15, 0.2) is 0 Å². The molecular weight excluding hydrogens is 472 g/mol. The fraction of sp³-hybridized carbons (Fsp3) is 0.865. The van der Waals surface area contributed by atoms with Crippen LogP contribution in [0.3, 0.4) is 0 Å². The molecular formula is C37H70N2. The van der Waals surface area contributed by atoms with Crippen LogP contribution < -0.4 is 0 Å². The molecule has 0 rings (SSSR count). The molecule has 0 unspecified atom stereocenters. The lowest BCUT2D eigenvalue weighted by atomic mass is 10.1. The normalized spacial score (nSPS) is 11.5. The van der Waals surface area contributed by atoms with Crippen molar-refractivity contribution in [3.8, 4) is 0 Å². The molecule has 0 fully saturated rings. The van der Waals surface area contributed by atoms with Crippen LogP contribution in [0.4, 0.5) is 0 Å². The summed E-state index contributed by atoms with van der Waals surface area (Å²) in [5, 5.41) is 0. The van der Waals surface area contributed by atoms with Crippen molar-refractivity contribution in [1.29, 1.82) is 0 Å². The van der Waals surface area contributed by atoms with E-state index < -0.39 is 0 Å². The number of hydrogen-bond donors (Lipinski definition) is 0. The quantitative estimate of drug-likeness (QED) is 0.0458. The Kier molecular flexibility index (Phi) is 35.8. The van der Waals surface area contributed by atoms with Crippen molar-refractivity contribution in [2.75, 3.05) is 13.1 Å². The summed E-state index contributed by atoms with van der Waals surface area (Å²) in [5.74, 6) is 0. The van der Waals surface area contributed by atoms with Gasteiger partial charge in [0.05, 0.1) is 6.01 Å². The van der Waals surface area contributed by atoms with Crippen molar-refractivity contribution in [1.82, 2.24) is 0 Å². The second kappa shape index (κ2) is 36.9. The second-order valence-electron chi connectivity index (χ2n) is 11.7. The van der Waals surface area contributed by atoms with Gasteiger partial charge >= 0.3 is 0 Å². The number of unbranched alkanes of at least 4 members (excludes halogenated alkanes) is 24. The number of aliphatic imine (C=N–C) groups is 2. The Hall–Kier alpha value is -1.14. The van der Waals surface area contributed by atoms with E-state index in [0.29, 0.717) is 0 Å². The van der Waals surface area contributed by atoms with Gasteiger partial charge in [0.25, 0.3) is 0 Å². The molecule has 0 aliphatic carbocycles. The minimum absolute atomic E-state index is 0.901. The second-order valence-corrected chi connectivity index (χ2v) is 11.7. The minimum Gasteiger partial charge on any atom is -0.226 e. The summed E-state index contributed by atoms with van der Waals surface area (Å²) in [6.45, 7) is 6.38. The molecule has 0 spiro atoms. The molecule has 0 radical (unpaired) electrons. The summed E-state index contributed by atoms with van der Waals surface area (Å²) >= 11 is 0. The number of rotatable bonds is 32. The molecule has 0 aromatic carbocycles. The van der Waals surface area contributed by atoms with E-state index in [1.807, 2.05) is 0 Å². The third-order valence-electron chi connectivity index (χ3n) is 7.70. The van der Waals surface area contributed by atoms with Gasteiger partial charge in [0.1, 0.15) is 0 Å². The third-order valence-corrected chi connectivity index (χ3v) is 7.70. The van der Waals surface area contributed by atoms with Crippen LogP contribution in [-0.2, 0) is 0 Å². The molecule has 2 heteroatoms. The molecule has 0 N–H and O–H groups in total. The van der Waals surface area contributed by atoms with Gasteiger partial charge in [0.2, 0.25) is 0 Å². The van der Waals surface area contributed by atoms with Gasteiger partial charge in [0, 0.05) is 13.1 Å². The molecule has 0 aliphatic rings. The SMILES string of the molecule is CCCCCCCC/C=C\CCCCCCCCN=C=NCCCCCCCC/C=C\CCCCCCCC. The fourth-order valence-electron chi connectivity index (χ4n) is 5.03. The van der Waals surface area contributed by atoms with E-state index in [2.05, 4.69) is 54.1 Å². The predicted octanol–water partition coefficient (Wildman–Crippen LogP) is 13.2. The average Bonchev–Trinajstić information content (AvgIpc) is 2.95. The number of nitrogens with zero attached hydrogens (tertiary/aromatic N) is 2. The van der Waals surface area contributed by atoms with Gasteiger partial charge < -0.3 is 0 Å². The zero-order valence-corrected chi connectivity index (χ0v) is 26.9. The van der Waals surface area contributed by atoms with Gasteiger partial charge in [-0.3, -0.25) is 0 Å². The average molecular weight is 543 g/mol. The highest BCUT2D eigenvalue weighted by Gasteiger charge is 1.93. The molecule has 0 aromatic rings. The minimum atomic E-state index is 0.901. The summed E-state index contributed by atoms with van der Waals surface area (Å²) in [5.41, 5.74) is 0. The molecule has 39 heavy (non-hydrogen) atoms. The van der Waals surface area contributed by atoms with Crippen LogP contribution in [0.25, 0.3) is 0 Å². The first kappa shape index (κ1) is 37.9. The van der Waals surface area contributed by atoms with E-state index in [-0.39, 0.29) is 0 Å². The Morgan fingerprint density at radius 1 is 0.333 bits per heavy atom. The molecule has 0 saturated heterocycles. The maximum absolute atomic E-state index is 4.35. The first-order valence-corrected chi connectivity index (χ1v) is 17.8. The molecule has 2 nitrogen and oxygen atoms in total. The molecule has 0 amide bonds. The van der Waals surface area contributed by atoms with Crippen molar-refractivity contribution in [3.05, 3.63) is 24.3 Å². The van der Waals surface area contributed by atoms with Crippen molar-refractivity contribution < 1.29 is 0 Å². The van der Waals surface area contributed by atoms with E-state index in [4.69, 9.17) is 0 Å². The highest BCUT2D eigenvalue weighted by molar-refractivity contribution is 5.40. The number of allylic oxidation sites excluding steroid dienone is 4. The van der Waals surface area contributed by atoms with E-state index in [1.54, 1.807) is 0 Å². The van der Waals surface area contributed by atoms with Crippen LogP contribution in [-0.4, -0.2) is 19.1 Å². The van der Waals surface area contributed by atoms with Crippen molar-refractivity contribution >= 4 is 6.01 Å². The zero-order valence-electron chi connectivity index (χ0n) is 26.9. The first-order chi connectivity index (χ1) is 19.4. The largest absolute Gasteiger partial charge is 0.226 e. The molecule has 0 aromatic heterocycles. The standard InChI is InChI=1S/C37H70N2/c1-3-5-7-9-11-13-15-17-19-21-23-25-27-29-31-33-35-38-37-39-36-34-32-30-28-26-24-22-20-18-16-14-12-10-8-6-4-2/h17-20H,3-16,21-36H2,1-2H3/b19-17-,20-18-. The van der Waals surface area contributed by atoms with Crippen molar-refractivity contribution in [2.24, 2.45) is 9.98 Å². The Morgan fingerprint density at radius 3 is 0.897 bits per heavy atom. The summed E-state index contributed by atoms with van der Waals surface area (Å²) in [6, 6.07) is 2.92. The predicted molar refractivity (Wildman–Crippen MR) is 179 cm³/mol. The maximum Gasteiger partial charge on any atom is 0.0892 e. The van der Waals surface area contributed by atoms with Gasteiger partial charge in [-0.2, -0.15) is 0 Å². The molecule has 0 bridgehead atoms. The topological polar surface area (TPSA) is 24.7 Å². The van der Waals surface area contributed by atoms with Gasteiger partial charge in [-0.25, -0.2) is 9.98 Å². The highest BCUT2D eigenvalue weighted by Crippen LogP contribution is 2.11. The van der Waals surface area contributed by atoms with Crippen LogP contribution in [0.1, 0.15) is 194 Å². The lowest BCUT2D eigenvalue weighted by Gasteiger charge is -1.99. The van der Waals surface area contributed by atoms with E-state index in [9.17, 15) is 0 Å². The van der Waals surface area contributed by atoms with Gasteiger partial charge in [-0.05, 0) is 64.2 Å². The maximum atomic E-state index is 4.35. The molecule has 228 valence electrons. The molecule has 0 saturated carbocycles. The van der Waals surface area contributed by atoms with Crippen LogP contribution in [0, 0.1) is 0 Å². The molecule has 0 heterocycles. The van der Waals surface area contributed by atoms with Crippen LogP contribution in [0.2, 0.25) is 0 Å². The first-order valence-electron chi connectivity index (χ1n) is 17.8. The zero-order chi connectivity index (χ0) is 28.2. The summed E-state index contributed by atoms with van der Waals surface area (Å²) in [6.07, 6.45) is 47.5. The van der Waals surface area contributed by atoms with Crippen LogP contribution in [0.15, 0.2) is 34.3 Å². The monoisotopic (exact) mass is 543 g/mol. The Bertz CT molecular complexity index is 510. The van der Waals surface area contributed by atoms with Gasteiger partial charge in [-0.1, -0.05) is 154 Å². The summed E-state index contributed by atoms with van der Waals surface area (Å²) < 4.78 is 0. The van der Waals surface area contributed by atoms with E-state index in [0.717, 1.165) is 13.1 Å². The Labute approximate surface area is 246 Å². The lowest BCUT2D eigenvalue weighted by molar-refractivity contribution is 0.598. The smallest absolute Gasteiger partial charge is 0.0892 e.